The molecule has 0 bridgehead atoms. The van der Waals surface area contributed by atoms with Gasteiger partial charge >= 0.3 is 0 Å². The van der Waals surface area contributed by atoms with Gasteiger partial charge in [0.25, 0.3) is 5.89 Å². The number of fused-ring (bicyclic) bond motifs is 1. The molecule has 0 radical (unpaired) electrons. The fraction of sp³-hybridized carbons (Fsp3) is 0.238. The molecule has 29 heavy (non-hydrogen) atoms. The normalized spacial score (nSPS) is 15.9. The summed E-state index contributed by atoms with van der Waals surface area (Å²) in [7, 11) is 1.65. The summed E-state index contributed by atoms with van der Waals surface area (Å²) in [5.74, 6) is 1.68. The van der Waals surface area contributed by atoms with Crippen LogP contribution in [0.4, 0.5) is 0 Å². The van der Waals surface area contributed by atoms with E-state index in [9.17, 15) is 0 Å². The average molecular weight is 389 g/mol. The Morgan fingerprint density at radius 2 is 1.86 bits per heavy atom. The maximum absolute atomic E-state index is 6.06. The van der Waals surface area contributed by atoms with Gasteiger partial charge in [0.1, 0.15) is 11.9 Å². The molecule has 2 aromatic carbocycles. The van der Waals surface area contributed by atoms with Gasteiger partial charge in [-0.05, 0) is 24.6 Å². The number of benzene rings is 2. The predicted molar refractivity (Wildman–Crippen MR) is 104 cm³/mol. The summed E-state index contributed by atoms with van der Waals surface area (Å²) in [4.78, 5) is 4.49. The minimum Gasteiger partial charge on any atom is -0.497 e. The molecule has 0 N–H and O–H groups in total. The monoisotopic (exact) mass is 389 g/mol. The third-order valence-corrected chi connectivity index (χ3v) is 5.02. The van der Waals surface area contributed by atoms with Crippen LogP contribution in [-0.2, 0) is 17.9 Å². The van der Waals surface area contributed by atoms with Crippen LogP contribution in [0.5, 0.6) is 5.75 Å². The van der Waals surface area contributed by atoms with Crippen LogP contribution in [0.25, 0.3) is 23.0 Å². The van der Waals surface area contributed by atoms with Crippen molar-refractivity contribution in [1.82, 2.24) is 25.1 Å². The zero-order chi connectivity index (χ0) is 19.8. The minimum atomic E-state index is -0.103. The minimum absolute atomic E-state index is 0.103. The molecule has 1 aliphatic rings. The van der Waals surface area contributed by atoms with Crippen molar-refractivity contribution in [3.63, 3.8) is 0 Å². The Bertz CT molecular complexity index is 1130. The summed E-state index contributed by atoms with van der Waals surface area (Å²) in [5, 5.41) is 12.6. The van der Waals surface area contributed by atoms with Crippen molar-refractivity contribution in [2.45, 2.75) is 26.2 Å². The van der Waals surface area contributed by atoms with Crippen LogP contribution in [0, 0.1) is 6.92 Å². The third kappa shape index (κ3) is 3.27. The number of hydrogen-bond donors (Lipinski definition) is 0. The Morgan fingerprint density at radius 1 is 1.07 bits per heavy atom. The van der Waals surface area contributed by atoms with E-state index >= 15 is 0 Å². The first kappa shape index (κ1) is 17.6. The van der Waals surface area contributed by atoms with Gasteiger partial charge in [-0.1, -0.05) is 52.3 Å². The molecule has 0 amide bonds. The van der Waals surface area contributed by atoms with Gasteiger partial charge in [-0.3, -0.25) is 0 Å². The Labute approximate surface area is 167 Å². The molecule has 0 saturated heterocycles. The summed E-state index contributed by atoms with van der Waals surface area (Å²) in [6.45, 7) is 2.96. The molecule has 5 rings (SSSR count). The van der Waals surface area contributed by atoms with Crippen molar-refractivity contribution in [2.24, 2.45) is 0 Å². The van der Waals surface area contributed by atoms with E-state index in [0.29, 0.717) is 30.6 Å². The highest BCUT2D eigenvalue weighted by Gasteiger charge is 2.28. The summed E-state index contributed by atoms with van der Waals surface area (Å²) in [5.41, 5.74) is 4.52. The first-order valence-corrected chi connectivity index (χ1v) is 9.30. The van der Waals surface area contributed by atoms with Crippen LogP contribution < -0.4 is 4.74 Å². The first-order valence-electron chi connectivity index (χ1n) is 9.30. The average Bonchev–Trinajstić information content (AvgIpc) is 3.41. The molecule has 8 nitrogen and oxygen atoms in total. The van der Waals surface area contributed by atoms with Crippen molar-refractivity contribution < 1.29 is 14.0 Å². The molecule has 0 saturated carbocycles. The van der Waals surface area contributed by atoms with Crippen LogP contribution in [0.2, 0.25) is 0 Å². The summed E-state index contributed by atoms with van der Waals surface area (Å²) < 4.78 is 18.6. The molecule has 2 aromatic heterocycles. The van der Waals surface area contributed by atoms with E-state index in [-0.39, 0.29) is 6.10 Å². The molecule has 0 fully saturated rings. The number of hydrogen-bond acceptors (Lipinski definition) is 7. The fourth-order valence-corrected chi connectivity index (χ4v) is 3.34. The van der Waals surface area contributed by atoms with Gasteiger partial charge in [0.05, 0.1) is 26.0 Å². The van der Waals surface area contributed by atoms with E-state index in [1.165, 1.54) is 5.56 Å². The van der Waals surface area contributed by atoms with Crippen molar-refractivity contribution in [3.05, 3.63) is 65.4 Å². The Balaban J connectivity index is 1.38. The molecular weight excluding hydrogens is 370 g/mol. The second kappa shape index (κ2) is 7.14. The molecule has 4 aromatic rings. The van der Waals surface area contributed by atoms with Crippen LogP contribution in [0.15, 0.2) is 53.1 Å². The van der Waals surface area contributed by atoms with Gasteiger partial charge < -0.3 is 14.0 Å². The van der Waals surface area contributed by atoms with Crippen LogP contribution >= 0.6 is 0 Å². The molecule has 146 valence electrons. The van der Waals surface area contributed by atoms with Crippen molar-refractivity contribution in [1.29, 1.82) is 0 Å². The zero-order valence-electron chi connectivity index (χ0n) is 16.1. The van der Waals surface area contributed by atoms with Gasteiger partial charge in [0, 0.05) is 5.56 Å². The van der Waals surface area contributed by atoms with Crippen LogP contribution in [0.3, 0.4) is 0 Å². The molecule has 0 aliphatic carbocycles. The van der Waals surface area contributed by atoms with Gasteiger partial charge in [-0.25, -0.2) is 4.68 Å². The number of aromatic nitrogens is 5. The lowest BCUT2D eigenvalue weighted by Gasteiger charge is -2.24. The van der Waals surface area contributed by atoms with Gasteiger partial charge in [-0.15, -0.1) is 5.10 Å². The highest BCUT2D eigenvalue weighted by Crippen LogP contribution is 2.31. The number of rotatable bonds is 4. The zero-order valence-corrected chi connectivity index (χ0v) is 16.1. The van der Waals surface area contributed by atoms with Crippen LogP contribution in [-0.4, -0.2) is 32.2 Å². The van der Waals surface area contributed by atoms with E-state index < -0.39 is 0 Å². The van der Waals surface area contributed by atoms with Gasteiger partial charge in [0.15, 0.2) is 5.69 Å². The highest BCUT2D eigenvalue weighted by atomic mass is 16.5. The molecule has 1 atom stereocenters. The van der Waals surface area contributed by atoms with Crippen LogP contribution in [0.1, 0.15) is 22.9 Å². The molecule has 1 aliphatic heterocycles. The summed E-state index contributed by atoms with van der Waals surface area (Å²) >= 11 is 0. The van der Waals surface area contributed by atoms with E-state index in [4.69, 9.17) is 14.0 Å². The largest absolute Gasteiger partial charge is 0.497 e. The maximum Gasteiger partial charge on any atom is 0.280 e. The SMILES string of the molecule is COc1ccc([C@H]2Cn3nnc(-c4nc(-c5ccc(C)cc5)no4)c3CO2)cc1. The second-order valence-electron chi connectivity index (χ2n) is 6.93. The predicted octanol–water partition coefficient (Wildman–Crippen LogP) is 3.58. The molecule has 8 heteroatoms. The first-order chi connectivity index (χ1) is 14.2. The molecule has 0 unspecified atom stereocenters. The number of methoxy groups -OCH3 is 1. The standard InChI is InChI=1S/C21H19N5O3/c1-13-3-5-15(6-4-13)20-22-21(29-24-20)19-17-12-28-18(11-26(17)25-23-19)14-7-9-16(27-2)10-8-14/h3-10,18H,11-12H2,1-2H3/t18-/m1/s1. The van der Waals surface area contributed by atoms with Gasteiger partial charge in [-0.2, -0.15) is 4.98 Å². The van der Waals surface area contributed by atoms with Crippen molar-refractivity contribution in [2.75, 3.05) is 7.11 Å². The van der Waals surface area contributed by atoms with E-state index in [0.717, 1.165) is 22.6 Å². The highest BCUT2D eigenvalue weighted by molar-refractivity contribution is 5.59. The number of nitrogens with zero attached hydrogens (tertiary/aromatic N) is 5. The molecule has 3 heterocycles. The second-order valence-corrected chi connectivity index (χ2v) is 6.93. The Kier molecular flexibility index (Phi) is 4.33. The van der Waals surface area contributed by atoms with Gasteiger partial charge in [0.2, 0.25) is 5.82 Å². The van der Waals surface area contributed by atoms with E-state index in [1.807, 2.05) is 60.1 Å². The Morgan fingerprint density at radius 3 is 2.62 bits per heavy atom. The lowest BCUT2D eigenvalue weighted by atomic mass is 10.1. The Hall–Kier alpha value is -3.52. The number of ether oxygens (including phenoxy) is 2. The van der Waals surface area contributed by atoms with E-state index in [1.54, 1.807) is 7.11 Å². The third-order valence-electron chi connectivity index (χ3n) is 5.02. The summed E-state index contributed by atoms with van der Waals surface area (Å²) in [6, 6.07) is 15.8. The quantitative estimate of drug-likeness (QED) is 0.527. The summed E-state index contributed by atoms with van der Waals surface area (Å²) in [6.07, 6.45) is -0.103. The lowest BCUT2D eigenvalue weighted by Crippen LogP contribution is -2.22. The molecular formula is C21H19N5O3. The molecule has 0 spiro atoms. The smallest absolute Gasteiger partial charge is 0.280 e. The topological polar surface area (TPSA) is 88.1 Å². The van der Waals surface area contributed by atoms with E-state index in [2.05, 4.69) is 20.5 Å². The lowest BCUT2D eigenvalue weighted by molar-refractivity contribution is -0.00119. The van der Waals surface area contributed by atoms with Crippen molar-refractivity contribution >= 4 is 0 Å². The maximum atomic E-state index is 6.06. The fourth-order valence-electron chi connectivity index (χ4n) is 3.34. The van der Waals surface area contributed by atoms with Crippen molar-refractivity contribution in [3.8, 4) is 28.7 Å². The number of aryl methyl sites for hydroxylation is 1.